The summed E-state index contributed by atoms with van der Waals surface area (Å²) in [5.41, 5.74) is 2.17. The fourth-order valence-corrected chi connectivity index (χ4v) is 3.56. The quantitative estimate of drug-likeness (QED) is 0.694. The minimum absolute atomic E-state index is 0.754. The van der Waals surface area contributed by atoms with Crippen molar-refractivity contribution >= 4 is 28.6 Å². The van der Waals surface area contributed by atoms with Crippen LogP contribution in [0.4, 0.5) is 0 Å². The molecule has 2 aromatic heterocycles. The summed E-state index contributed by atoms with van der Waals surface area (Å²) in [6, 6.07) is 0. The van der Waals surface area contributed by atoms with E-state index >= 15 is 0 Å². The molecule has 0 fully saturated rings. The Morgan fingerprint density at radius 2 is 2.05 bits per heavy atom. The van der Waals surface area contributed by atoms with E-state index in [0.717, 1.165) is 40.5 Å². The van der Waals surface area contributed by atoms with Crippen LogP contribution in [0.3, 0.4) is 0 Å². The molecule has 0 aromatic carbocycles. The summed E-state index contributed by atoms with van der Waals surface area (Å²) in [6.07, 6.45) is 0. The first-order valence-electron chi connectivity index (χ1n) is 6.75. The lowest BCUT2D eigenvalue weighted by atomic mass is 10.4. The molecular formula is C14H21N5S2. The van der Waals surface area contributed by atoms with Crippen molar-refractivity contribution in [1.29, 1.82) is 0 Å². The summed E-state index contributed by atoms with van der Waals surface area (Å²) in [4.78, 5) is 16.6. The minimum atomic E-state index is 0.754. The molecule has 0 aliphatic rings. The predicted molar refractivity (Wildman–Crippen MR) is 90.1 cm³/mol. The highest BCUT2D eigenvalue weighted by molar-refractivity contribution is 7.11. The number of aliphatic imine (C=N–C) groups is 1. The molecule has 0 saturated carbocycles. The van der Waals surface area contributed by atoms with E-state index in [0.29, 0.717) is 0 Å². The third kappa shape index (κ3) is 4.25. The Kier molecular flexibility index (Phi) is 5.30. The Balaban J connectivity index is 1.95. The first-order valence-corrected chi connectivity index (χ1v) is 8.45. The maximum absolute atomic E-state index is 4.49. The van der Waals surface area contributed by atoms with Gasteiger partial charge in [0.15, 0.2) is 5.96 Å². The highest BCUT2D eigenvalue weighted by atomic mass is 32.1. The fraction of sp³-hybridized carbons (Fsp3) is 0.500. The van der Waals surface area contributed by atoms with E-state index in [1.54, 1.807) is 29.7 Å². The van der Waals surface area contributed by atoms with Crippen LogP contribution in [-0.2, 0) is 13.1 Å². The van der Waals surface area contributed by atoms with E-state index in [4.69, 9.17) is 0 Å². The lowest BCUT2D eigenvalue weighted by Gasteiger charge is -2.21. The van der Waals surface area contributed by atoms with Gasteiger partial charge in [0.05, 0.1) is 34.5 Å². The number of aryl methyl sites for hydroxylation is 3. The number of hydrogen-bond donors (Lipinski definition) is 1. The number of hydrogen-bond acceptors (Lipinski definition) is 5. The third-order valence-electron chi connectivity index (χ3n) is 3.05. The van der Waals surface area contributed by atoms with Crippen molar-refractivity contribution in [3.63, 3.8) is 0 Å². The van der Waals surface area contributed by atoms with E-state index < -0.39 is 0 Å². The summed E-state index contributed by atoms with van der Waals surface area (Å²) in [5.74, 6) is 0.867. The summed E-state index contributed by atoms with van der Waals surface area (Å²) < 4.78 is 0. The van der Waals surface area contributed by atoms with Gasteiger partial charge in [0.2, 0.25) is 0 Å². The summed E-state index contributed by atoms with van der Waals surface area (Å²) in [6.45, 7) is 7.61. The lowest BCUT2D eigenvalue weighted by Crippen LogP contribution is -2.38. The molecule has 0 unspecified atom stereocenters. The van der Waals surface area contributed by atoms with Crippen LogP contribution in [0.25, 0.3) is 0 Å². The van der Waals surface area contributed by atoms with Crippen LogP contribution in [0, 0.1) is 20.8 Å². The van der Waals surface area contributed by atoms with Crippen molar-refractivity contribution in [3.8, 4) is 0 Å². The van der Waals surface area contributed by atoms with Gasteiger partial charge < -0.3 is 10.2 Å². The normalized spacial score (nSPS) is 11.8. The average Bonchev–Trinajstić information content (AvgIpc) is 2.96. The molecule has 114 valence electrons. The van der Waals surface area contributed by atoms with Gasteiger partial charge in [0.1, 0.15) is 0 Å². The van der Waals surface area contributed by atoms with Gasteiger partial charge in [0.25, 0.3) is 0 Å². The van der Waals surface area contributed by atoms with E-state index in [9.17, 15) is 0 Å². The number of nitrogens with zero attached hydrogens (tertiary/aromatic N) is 4. The predicted octanol–water partition coefficient (Wildman–Crippen LogP) is 2.73. The van der Waals surface area contributed by atoms with E-state index in [-0.39, 0.29) is 0 Å². The molecule has 2 rings (SSSR count). The minimum Gasteiger partial charge on any atom is -0.351 e. The number of nitrogens with one attached hydrogen (secondary N) is 1. The Hall–Kier alpha value is -1.47. The zero-order valence-electron chi connectivity index (χ0n) is 13.1. The van der Waals surface area contributed by atoms with Gasteiger partial charge in [-0.1, -0.05) is 0 Å². The van der Waals surface area contributed by atoms with Crippen molar-refractivity contribution in [3.05, 3.63) is 31.7 Å². The van der Waals surface area contributed by atoms with Crippen molar-refractivity contribution in [1.82, 2.24) is 20.2 Å². The van der Waals surface area contributed by atoms with Crippen LogP contribution in [-0.4, -0.2) is 34.9 Å². The zero-order valence-corrected chi connectivity index (χ0v) is 14.7. The fourth-order valence-electron chi connectivity index (χ4n) is 2.08. The maximum atomic E-state index is 4.49. The molecule has 2 heterocycles. The van der Waals surface area contributed by atoms with Crippen LogP contribution in [0.1, 0.15) is 26.3 Å². The molecule has 0 aliphatic carbocycles. The van der Waals surface area contributed by atoms with Crippen LogP contribution in [0.15, 0.2) is 10.4 Å². The van der Waals surface area contributed by atoms with E-state index in [1.165, 1.54) is 4.88 Å². The first-order chi connectivity index (χ1) is 9.99. The first kappa shape index (κ1) is 15.9. The topological polar surface area (TPSA) is 53.4 Å². The second kappa shape index (κ2) is 7.00. The van der Waals surface area contributed by atoms with Crippen LogP contribution in [0.5, 0.6) is 0 Å². The number of guanidine groups is 1. The highest BCUT2D eigenvalue weighted by Crippen LogP contribution is 2.16. The molecule has 0 spiro atoms. The van der Waals surface area contributed by atoms with Crippen LogP contribution in [0.2, 0.25) is 0 Å². The molecule has 0 bridgehead atoms. The average molecular weight is 323 g/mol. The monoisotopic (exact) mass is 323 g/mol. The summed E-state index contributed by atoms with van der Waals surface area (Å²) >= 11 is 3.40. The van der Waals surface area contributed by atoms with Gasteiger partial charge in [0, 0.05) is 24.4 Å². The highest BCUT2D eigenvalue weighted by Gasteiger charge is 2.10. The second-order valence-corrected chi connectivity index (χ2v) is 7.21. The molecule has 0 aliphatic heterocycles. The number of thiazole rings is 2. The molecule has 7 heteroatoms. The molecule has 0 amide bonds. The Morgan fingerprint density at radius 3 is 2.57 bits per heavy atom. The molecule has 0 radical (unpaired) electrons. The molecule has 5 nitrogen and oxygen atoms in total. The largest absolute Gasteiger partial charge is 0.351 e. The van der Waals surface area contributed by atoms with Crippen LogP contribution >= 0.6 is 22.7 Å². The molecule has 1 N–H and O–H groups in total. The number of aromatic nitrogens is 2. The van der Waals surface area contributed by atoms with Crippen molar-refractivity contribution < 1.29 is 0 Å². The van der Waals surface area contributed by atoms with Gasteiger partial charge in [-0.3, -0.25) is 4.99 Å². The van der Waals surface area contributed by atoms with Crippen molar-refractivity contribution in [2.24, 2.45) is 4.99 Å². The van der Waals surface area contributed by atoms with Gasteiger partial charge in [-0.15, -0.1) is 22.7 Å². The molecule has 0 atom stereocenters. The Morgan fingerprint density at radius 1 is 1.29 bits per heavy atom. The smallest absolute Gasteiger partial charge is 0.194 e. The molecule has 21 heavy (non-hydrogen) atoms. The Labute approximate surface area is 133 Å². The van der Waals surface area contributed by atoms with Gasteiger partial charge >= 0.3 is 0 Å². The molecule has 0 saturated heterocycles. The SMILES string of the molecule is CN=C(NCc1sc(C)nc1C)N(C)Cc1csc(C)n1. The standard InChI is InChI=1S/C14H21N5S2/c1-9-13(21-11(3)17-9)6-16-14(15-4)19(5)7-12-8-20-10(2)18-12/h8H,6-7H2,1-5H3,(H,15,16). The zero-order chi connectivity index (χ0) is 15.4. The van der Waals surface area contributed by atoms with Gasteiger partial charge in [-0.25, -0.2) is 9.97 Å². The molecule has 2 aromatic rings. The van der Waals surface area contributed by atoms with Crippen LogP contribution < -0.4 is 5.32 Å². The van der Waals surface area contributed by atoms with Gasteiger partial charge in [-0.05, 0) is 20.8 Å². The van der Waals surface area contributed by atoms with Crippen molar-refractivity contribution in [2.45, 2.75) is 33.9 Å². The van der Waals surface area contributed by atoms with E-state index in [2.05, 4.69) is 30.6 Å². The second-order valence-electron chi connectivity index (χ2n) is 4.86. The third-order valence-corrected chi connectivity index (χ3v) is 4.94. The Bertz CT molecular complexity index is 629. The van der Waals surface area contributed by atoms with E-state index in [1.807, 2.05) is 27.8 Å². The summed E-state index contributed by atoms with van der Waals surface area (Å²) in [7, 11) is 3.82. The number of rotatable bonds is 4. The lowest BCUT2D eigenvalue weighted by molar-refractivity contribution is 0.471. The maximum Gasteiger partial charge on any atom is 0.194 e. The van der Waals surface area contributed by atoms with Gasteiger partial charge in [-0.2, -0.15) is 0 Å². The molecular weight excluding hydrogens is 302 g/mol. The van der Waals surface area contributed by atoms with Crippen molar-refractivity contribution in [2.75, 3.05) is 14.1 Å². The summed E-state index contributed by atoms with van der Waals surface area (Å²) in [5, 5.41) is 7.68.